The summed E-state index contributed by atoms with van der Waals surface area (Å²) in [6.45, 7) is 3.83. The van der Waals surface area contributed by atoms with Gasteiger partial charge in [-0.25, -0.2) is 13.8 Å². The summed E-state index contributed by atoms with van der Waals surface area (Å²) in [7, 11) is 3.34. The first kappa shape index (κ1) is 26.2. The maximum atomic E-state index is 14.4. The van der Waals surface area contributed by atoms with E-state index >= 15 is 0 Å². The largest absolute Gasteiger partial charge is 0.496 e. The summed E-state index contributed by atoms with van der Waals surface area (Å²) in [6.07, 6.45) is 4.02. The second kappa shape index (κ2) is 10.5. The zero-order valence-electron chi connectivity index (χ0n) is 23.0. The minimum absolute atomic E-state index is 0.195. The Hall–Kier alpha value is -4.04. The highest BCUT2D eigenvalue weighted by molar-refractivity contribution is 5.91. The smallest absolute Gasteiger partial charge is 0.159 e. The predicted octanol–water partition coefficient (Wildman–Crippen LogP) is 8.06. The molecule has 6 nitrogen and oxygen atoms in total. The molecule has 0 saturated heterocycles. The minimum atomic E-state index is -0.912. The molecular formula is C32H31F2N3O3. The molecule has 206 valence electrons. The fourth-order valence-corrected chi connectivity index (χ4v) is 6.09. The third-order valence-electron chi connectivity index (χ3n) is 8.05. The molecule has 1 aliphatic carbocycles. The lowest BCUT2D eigenvalue weighted by Crippen LogP contribution is -2.23. The molecule has 2 aromatic heterocycles. The van der Waals surface area contributed by atoms with Crippen molar-refractivity contribution in [3.8, 4) is 39.4 Å². The first-order valence-electron chi connectivity index (χ1n) is 13.5. The number of benzene rings is 3. The van der Waals surface area contributed by atoms with Crippen molar-refractivity contribution in [2.75, 3.05) is 14.2 Å². The maximum Gasteiger partial charge on any atom is 0.159 e. The SMILES string of the molecule is COc1cccc(-c2nc3cc(-c4c(C)noc4C)ccc3n2[C@H]2CC[C@H](OC)CC2)c1-c1ccc(F)c(F)c1. The normalized spacial score (nSPS) is 17.4. The van der Waals surface area contributed by atoms with E-state index < -0.39 is 11.6 Å². The van der Waals surface area contributed by atoms with Crippen molar-refractivity contribution < 1.29 is 22.8 Å². The number of rotatable bonds is 6. The van der Waals surface area contributed by atoms with E-state index in [0.717, 1.165) is 76.8 Å². The van der Waals surface area contributed by atoms with Crippen molar-refractivity contribution >= 4 is 11.0 Å². The first-order valence-corrected chi connectivity index (χ1v) is 13.5. The molecule has 3 aromatic carbocycles. The van der Waals surface area contributed by atoms with Gasteiger partial charge in [-0.3, -0.25) is 0 Å². The van der Waals surface area contributed by atoms with Crippen LogP contribution in [0.3, 0.4) is 0 Å². The van der Waals surface area contributed by atoms with Crippen LogP contribution in [0.5, 0.6) is 5.75 Å². The van der Waals surface area contributed by atoms with Gasteiger partial charge in [0.05, 0.1) is 29.9 Å². The van der Waals surface area contributed by atoms with Crippen LogP contribution in [-0.2, 0) is 4.74 Å². The Labute approximate surface area is 231 Å². The molecule has 8 heteroatoms. The summed E-state index contributed by atoms with van der Waals surface area (Å²) in [5.74, 6) is 0.258. The van der Waals surface area contributed by atoms with Crippen molar-refractivity contribution in [2.45, 2.75) is 51.7 Å². The van der Waals surface area contributed by atoms with Gasteiger partial charge in [-0.15, -0.1) is 0 Å². The van der Waals surface area contributed by atoms with Crippen LogP contribution in [0, 0.1) is 25.5 Å². The van der Waals surface area contributed by atoms with Gasteiger partial charge >= 0.3 is 0 Å². The average molecular weight is 544 g/mol. The van der Waals surface area contributed by atoms with E-state index in [4.69, 9.17) is 19.0 Å². The van der Waals surface area contributed by atoms with Crippen molar-refractivity contribution in [1.29, 1.82) is 0 Å². The summed E-state index contributed by atoms with van der Waals surface area (Å²) in [5.41, 5.74) is 6.57. The Balaban J connectivity index is 1.59. The highest BCUT2D eigenvalue weighted by atomic mass is 19.2. The fourth-order valence-electron chi connectivity index (χ4n) is 6.09. The molecule has 1 aliphatic rings. The molecule has 40 heavy (non-hydrogen) atoms. The van der Waals surface area contributed by atoms with Crippen LogP contribution in [0.1, 0.15) is 43.2 Å². The Morgan fingerprint density at radius 2 is 1.62 bits per heavy atom. The van der Waals surface area contributed by atoms with Gasteiger partial charge in [0, 0.05) is 29.8 Å². The first-order chi connectivity index (χ1) is 19.4. The summed E-state index contributed by atoms with van der Waals surface area (Å²) < 4.78 is 47.4. The van der Waals surface area contributed by atoms with Crippen molar-refractivity contribution in [2.24, 2.45) is 0 Å². The van der Waals surface area contributed by atoms with E-state index in [1.54, 1.807) is 20.3 Å². The molecule has 2 heterocycles. The quantitative estimate of drug-likeness (QED) is 0.217. The number of hydrogen-bond donors (Lipinski definition) is 0. The number of fused-ring (bicyclic) bond motifs is 1. The van der Waals surface area contributed by atoms with E-state index in [1.165, 1.54) is 6.07 Å². The summed E-state index contributed by atoms with van der Waals surface area (Å²) >= 11 is 0. The van der Waals surface area contributed by atoms with Crippen LogP contribution in [0.4, 0.5) is 8.78 Å². The summed E-state index contributed by atoms with van der Waals surface area (Å²) in [6, 6.07) is 16.1. The van der Waals surface area contributed by atoms with Gasteiger partial charge in [-0.1, -0.05) is 29.4 Å². The standard InChI is InChI=1S/C32H31F2N3O3/c1-18-30(19(2)40-36-18)21-9-15-28-27(17-21)35-32(37(28)22-10-12-23(38-3)13-11-22)24-6-5-7-29(39-4)31(24)20-8-14-25(33)26(34)16-20/h5-9,14-17,22-23H,10-13H2,1-4H3/t22-,23-. The average Bonchev–Trinajstić information content (AvgIpc) is 3.52. The van der Waals surface area contributed by atoms with Crippen LogP contribution < -0.4 is 4.74 Å². The number of aryl methyl sites for hydroxylation is 2. The molecule has 1 fully saturated rings. The third-order valence-corrected chi connectivity index (χ3v) is 8.05. The van der Waals surface area contributed by atoms with Gasteiger partial charge in [0.1, 0.15) is 17.3 Å². The van der Waals surface area contributed by atoms with E-state index in [2.05, 4.69) is 27.9 Å². The maximum absolute atomic E-state index is 14.4. The van der Waals surface area contributed by atoms with Gasteiger partial charge in [-0.05, 0) is 81.0 Å². The van der Waals surface area contributed by atoms with Crippen molar-refractivity contribution in [3.63, 3.8) is 0 Å². The van der Waals surface area contributed by atoms with Gasteiger partial charge in [0.25, 0.3) is 0 Å². The van der Waals surface area contributed by atoms with Crippen LogP contribution in [-0.4, -0.2) is 35.0 Å². The van der Waals surface area contributed by atoms with Gasteiger partial charge in [0.15, 0.2) is 11.6 Å². The molecule has 0 bridgehead atoms. The number of ether oxygens (including phenoxy) is 2. The lowest BCUT2D eigenvalue weighted by atomic mass is 9.91. The number of nitrogens with zero attached hydrogens (tertiary/aromatic N) is 3. The molecular weight excluding hydrogens is 512 g/mol. The van der Waals surface area contributed by atoms with E-state index in [-0.39, 0.29) is 12.1 Å². The third kappa shape index (κ3) is 4.46. The highest BCUT2D eigenvalue weighted by Crippen LogP contribution is 2.43. The predicted molar refractivity (Wildman–Crippen MR) is 150 cm³/mol. The van der Waals surface area contributed by atoms with Crippen LogP contribution in [0.25, 0.3) is 44.7 Å². The van der Waals surface area contributed by atoms with E-state index in [1.807, 2.05) is 32.0 Å². The lowest BCUT2D eigenvalue weighted by Gasteiger charge is -2.30. The zero-order chi connectivity index (χ0) is 28.0. The zero-order valence-corrected chi connectivity index (χ0v) is 23.0. The van der Waals surface area contributed by atoms with Crippen LogP contribution >= 0.6 is 0 Å². The second-order valence-electron chi connectivity index (χ2n) is 10.4. The number of aromatic nitrogens is 3. The Morgan fingerprint density at radius 1 is 0.875 bits per heavy atom. The van der Waals surface area contributed by atoms with Crippen molar-refractivity contribution in [1.82, 2.24) is 14.7 Å². The lowest BCUT2D eigenvalue weighted by molar-refractivity contribution is 0.0591. The van der Waals surface area contributed by atoms with Crippen LogP contribution in [0.15, 0.2) is 59.1 Å². The Bertz CT molecular complexity index is 1680. The molecule has 0 N–H and O–H groups in total. The summed E-state index contributed by atoms with van der Waals surface area (Å²) in [5, 5.41) is 4.13. The molecule has 6 rings (SSSR count). The molecule has 0 spiro atoms. The van der Waals surface area contributed by atoms with E-state index in [9.17, 15) is 8.78 Å². The molecule has 0 aliphatic heterocycles. The van der Waals surface area contributed by atoms with E-state index in [0.29, 0.717) is 16.9 Å². The molecule has 0 atom stereocenters. The second-order valence-corrected chi connectivity index (χ2v) is 10.4. The topological polar surface area (TPSA) is 62.3 Å². The number of halogens is 2. The fraction of sp³-hybridized carbons (Fsp3) is 0.312. The number of imidazole rings is 1. The Morgan fingerprint density at radius 3 is 2.30 bits per heavy atom. The molecule has 0 unspecified atom stereocenters. The molecule has 0 radical (unpaired) electrons. The van der Waals surface area contributed by atoms with Gasteiger partial charge in [-0.2, -0.15) is 0 Å². The molecule has 1 saturated carbocycles. The minimum Gasteiger partial charge on any atom is -0.496 e. The van der Waals surface area contributed by atoms with Crippen LogP contribution in [0.2, 0.25) is 0 Å². The number of methoxy groups -OCH3 is 2. The molecule has 5 aromatic rings. The summed E-state index contributed by atoms with van der Waals surface area (Å²) in [4.78, 5) is 5.19. The Kier molecular flexibility index (Phi) is 6.88. The monoisotopic (exact) mass is 543 g/mol. The van der Waals surface area contributed by atoms with Gasteiger partial charge in [0.2, 0.25) is 0 Å². The van der Waals surface area contributed by atoms with Crippen molar-refractivity contribution in [3.05, 3.63) is 77.7 Å². The molecule has 0 amide bonds. The van der Waals surface area contributed by atoms with Gasteiger partial charge < -0.3 is 18.6 Å². The highest BCUT2D eigenvalue weighted by Gasteiger charge is 2.28. The number of hydrogen-bond acceptors (Lipinski definition) is 5.